The molecule has 2 aromatic carbocycles. The molecule has 0 aliphatic rings. The monoisotopic (exact) mass is 309 g/mol. The van der Waals surface area contributed by atoms with Gasteiger partial charge in [0.05, 0.1) is 0 Å². The van der Waals surface area contributed by atoms with Gasteiger partial charge in [-0.25, -0.2) is 8.78 Å². The topological polar surface area (TPSA) is 67.2 Å². The van der Waals surface area contributed by atoms with E-state index in [-0.39, 0.29) is 5.56 Å². The average Bonchev–Trinajstić information content (AvgIpc) is 2.47. The summed E-state index contributed by atoms with van der Waals surface area (Å²) in [5, 5.41) is 2.57. The Hall–Kier alpha value is -2.12. The molecule has 0 spiro atoms. The van der Waals surface area contributed by atoms with Gasteiger partial charge in [0.15, 0.2) is 11.6 Å². The van der Waals surface area contributed by atoms with Crippen molar-refractivity contribution in [3.8, 4) is 0 Å². The number of nitrogens with two attached hydrogens (primary N) is 1. The van der Waals surface area contributed by atoms with Crippen LogP contribution in [0.5, 0.6) is 0 Å². The Balaban J connectivity index is 2.20. The second-order valence-electron chi connectivity index (χ2n) is 4.14. The van der Waals surface area contributed by atoms with Crippen LogP contribution in [-0.2, 0) is 0 Å². The van der Waals surface area contributed by atoms with E-state index in [2.05, 4.69) is 5.32 Å². The van der Waals surface area contributed by atoms with Gasteiger partial charge in [0.25, 0.3) is 5.91 Å². The Labute approximate surface area is 124 Å². The number of nitrogens with one attached hydrogen (secondary N) is 2. The first-order chi connectivity index (χ1) is 10.0. The number of rotatable bonds is 4. The lowest BCUT2D eigenvalue weighted by atomic mass is 10.1. The summed E-state index contributed by atoms with van der Waals surface area (Å²) in [5.41, 5.74) is 1.85. The number of anilines is 2. The molecule has 0 aliphatic heterocycles. The molecule has 4 nitrogen and oxygen atoms in total. The zero-order chi connectivity index (χ0) is 15.4. The number of carbonyl (C=O) groups is 1. The molecule has 0 saturated heterocycles. The highest BCUT2D eigenvalue weighted by Crippen LogP contribution is 2.21. The molecule has 0 heterocycles. The van der Waals surface area contributed by atoms with E-state index < -0.39 is 23.2 Å². The molecule has 7 heteroatoms. The van der Waals surface area contributed by atoms with Crippen molar-refractivity contribution in [3.63, 3.8) is 0 Å². The minimum atomic E-state index is -0.930. The van der Waals surface area contributed by atoms with Gasteiger partial charge >= 0.3 is 0 Å². The van der Waals surface area contributed by atoms with Crippen LogP contribution in [0.3, 0.4) is 0 Å². The Morgan fingerprint density at radius 3 is 2.19 bits per heavy atom. The molecular formula is C14H13F2N3OS. The van der Waals surface area contributed by atoms with Crippen molar-refractivity contribution in [2.75, 3.05) is 17.0 Å². The van der Waals surface area contributed by atoms with Crippen LogP contribution in [0, 0.1) is 11.6 Å². The highest BCUT2D eigenvalue weighted by atomic mass is 32.2. The van der Waals surface area contributed by atoms with Crippen molar-refractivity contribution in [1.82, 2.24) is 0 Å². The molecule has 110 valence electrons. The Kier molecular flexibility index (Phi) is 4.77. The van der Waals surface area contributed by atoms with Gasteiger partial charge in [0, 0.05) is 16.1 Å². The summed E-state index contributed by atoms with van der Waals surface area (Å²) >= 11 is 1.57. The van der Waals surface area contributed by atoms with Gasteiger partial charge in [-0.15, -0.1) is 11.8 Å². The molecule has 2 aromatic rings. The molecule has 0 aromatic heterocycles. The molecule has 21 heavy (non-hydrogen) atoms. The number of nitrogen functional groups attached to an aromatic ring is 1. The number of halogens is 2. The van der Waals surface area contributed by atoms with E-state index in [9.17, 15) is 13.6 Å². The number of amides is 1. The van der Waals surface area contributed by atoms with Gasteiger partial charge in [-0.2, -0.15) is 0 Å². The van der Waals surface area contributed by atoms with Crippen LogP contribution in [0.15, 0.2) is 41.3 Å². The molecule has 0 atom stereocenters. The summed E-state index contributed by atoms with van der Waals surface area (Å²) in [6.07, 6.45) is 1.94. The van der Waals surface area contributed by atoms with Crippen LogP contribution in [0.25, 0.3) is 0 Å². The summed E-state index contributed by atoms with van der Waals surface area (Å²) < 4.78 is 27.1. The molecule has 0 unspecified atom stereocenters. The van der Waals surface area contributed by atoms with Crippen LogP contribution in [-0.4, -0.2) is 12.2 Å². The van der Waals surface area contributed by atoms with Gasteiger partial charge in [0.2, 0.25) is 0 Å². The Bertz CT molecular complexity index is 639. The SMILES string of the molecule is CSc1ccc(NC(=O)c2cc(F)c(NN)c(F)c2)cc1. The lowest BCUT2D eigenvalue weighted by Crippen LogP contribution is -2.15. The second-order valence-corrected chi connectivity index (χ2v) is 5.02. The van der Waals surface area contributed by atoms with Crippen molar-refractivity contribution in [3.05, 3.63) is 53.6 Å². The van der Waals surface area contributed by atoms with Gasteiger partial charge in [-0.1, -0.05) is 0 Å². The third-order valence-electron chi connectivity index (χ3n) is 2.80. The van der Waals surface area contributed by atoms with Crippen molar-refractivity contribution in [1.29, 1.82) is 0 Å². The zero-order valence-corrected chi connectivity index (χ0v) is 11.9. The minimum absolute atomic E-state index is 0.127. The van der Waals surface area contributed by atoms with Crippen molar-refractivity contribution >= 4 is 29.0 Å². The van der Waals surface area contributed by atoms with Crippen molar-refractivity contribution < 1.29 is 13.6 Å². The fourth-order valence-electron chi connectivity index (χ4n) is 1.72. The number of thioether (sulfide) groups is 1. The van der Waals surface area contributed by atoms with Crippen LogP contribution in [0.2, 0.25) is 0 Å². The second kappa shape index (κ2) is 6.55. The van der Waals surface area contributed by atoms with Crippen LogP contribution >= 0.6 is 11.8 Å². The standard InChI is InChI=1S/C14H13F2N3OS/c1-21-10-4-2-9(3-5-10)18-14(20)8-6-11(15)13(19-17)12(16)7-8/h2-7,19H,17H2,1H3,(H,18,20). The quantitative estimate of drug-likeness (QED) is 0.461. The fourth-order valence-corrected chi connectivity index (χ4v) is 2.13. The third kappa shape index (κ3) is 3.50. The minimum Gasteiger partial charge on any atom is -0.322 e. The van der Waals surface area contributed by atoms with Gasteiger partial charge in [-0.05, 0) is 42.7 Å². The first-order valence-corrected chi connectivity index (χ1v) is 7.18. The van der Waals surface area contributed by atoms with Gasteiger partial charge in [0.1, 0.15) is 5.69 Å². The van der Waals surface area contributed by atoms with Crippen LogP contribution < -0.4 is 16.6 Å². The predicted octanol–water partition coefficient (Wildman–Crippen LogP) is 3.22. The van der Waals surface area contributed by atoms with Gasteiger partial charge in [-0.3, -0.25) is 10.6 Å². The molecule has 0 aliphatic carbocycles. The molecule has 0 bridgehead atoms. The fraction of sp³-hybridized carbons (Fsp3) is 0.0714. The number of hydrazine groups is 1. The summed E-state index contributed by atoms with van der Waals surface area (Å²) in [5.74, 6) is 2.53. The van der Waals surface area contributed by atoms with E-state index in [1.807, 2.05) is 23.8 Å². The lowest BCUT2D eigenvalue weighted by Gasteiger charge is -2.09. The van der Waals surface area contributed by atoms with Crippen molar-refractivity contribution in [2.45, 2.75) is 4.90 Å². The summed E-state index contributed by atoms with van der Waals surface area (Å²) in [7, 11) is 0. The highest BCUT2D eigenvalue weighted by molar-refractivity contribution is 7.98. The smallest absolute Gasteiger partial charge is 0.255 e. The first-order valence-electron chi connectivity index (χ1n) is 5.96. The molecule has 4 N–H and O–H groups in total. The number of hydrogen-bond donors (Lipinski definition) is 3. The number of hydrogen-bond acceptors (Lipinski definition) is 4. The summed E-state index contributed by atoms with van der Waals surface area (Å²) in [6.45, 7) is 0. The van der Waals surface area contributed by atoms with E-state index in [1.54, 1.807) is 23.9 Å². The normalized spacial score (nSPS) is 10.3. The highest BCUT2D eigenvalue weighted by Gasteiger charge is 2.14. The molecule has 1 amide bonds. The van der Waals surface area contributed by atoms with E-state index >= 15 is 0 Å². The van der Waals surface area contributed by atoms with Crippen molar-refractivity contribution in [2.24, 2.45) is 5.84 Å². The van der Waals surface area contributed by atoms with Gasteiger partial charge < -0.3 is 10.7 Å². The Morgan fingerprint density at radius 2 is 1.71 bits per heavy atom. The maximum Gasteiger partial charge on any atom is 0.255 e. The molecule has 2 rings (SSSR count). The molecule has 0 radical (unpaired) electrons. The third-order valence-corrected chi connectivity index (χ3v) is 3.54. The zero-order valence-electron chi connectivity index (χ0n) is 11.1. The largest absolute Gasteiger partial charge is 0.322 e. The first kappa shape index (κ1) is 15.3. The predicted molar refractivity (Wildman–Crippen MR) is 80.3 cm³/mol. The molecular weight excluding hydrogens is 296 g/mol. The molecule has 0 fully saturated rings. The number of benzene rings is 2. The van der Waals surface area contributed by atoms with E-state index in [1.165, 1.54) is 0 Å². The summed E-state index contributed by atoms with van der Waals surface area (Å²) in [6, 6.07) is 8.94. The average molecular weight is 309 g/mol. The maximum absolute atomic E-state index is 13.5. The Morgan fingerprint density at radius 1 is 1.14 bits per heavy atom. The van der Waals surface area contributed by atoms with Crippen LogP contribution in [0.4, 0.5) is 20.2 Å². The summed E-state index contributed by atoms with van der Waals surface area (Å²) in [4.78, 5) is 13.0. The van der Waals surface area contributed by atoms with E-state index in [4.69, 9.17) is 5.84 Å². The van der Waals surface area contributed by atoms with Crippen LogP contribution in [0.1, 0.15) is 10.4 Å². The molecule has 0 saturated carbocycles. The number of carbonyl (C=O) groups excluding carboxylic acids is 1. The maximum atomic E-state index is 13.5. The lowest BCUT2D eigenvalue weighted by molar-refractivity contribution is 0.102. The van der Waals surface area contributed by atoms with E-state index in [0.29, 0.717) is 5.69 Å². The van der Waals surface area contributed by atoms with E-state index in [0.717, 1.165) is 17.0 Å².